The van der Waals surface area contributed by atoms with Gasteiger partial charge < -0.3 is 10.1 Å². The van der Waals surface area contributed by atoms with Crippen molar-refractivity contribution >= 4 is 40.4 Å². The van der Waals surface area contributed by atoms with Gasteiger partial charge in [-0.2, -0.15) is 0 Å². The van der Waals surface area contributed by atoms with Gasteiger partial charge in [-0.1, -0.05) is 18.3 Å². The normalized spacial score (nSPS) is 18.8. The molecule has 0 bridgehead atoms. The summed E-state index contributed by atoms with van der Waals surface area (Å²) in [6, 6.07) is 3.84. The summed E-state index contributed by atoms with van der Waals surface area (Å²) in [5.41, 5.74) is 1.05. The minimum absolute atomic E-state index is 0.397. The number of rotatable bonds is 2. The van der Waals surface area contributed by atoms with Gasteiger partial charge in [0.2, 0.25) is 0 Å². The lowest BCUT2D eigenvalue weighted by atomic mass is 9.85. The largest absolute Gasteiger partial charge is 0.457 e. The first-order valence-corrected chi connectivity index (χ1v) is 8.12. The smallest absolute Gasteiger partial charge is 0.337 e. The highest BCUT2D eigenvalue weighted by molar-refractivity contribution is 7.80. The second kappa shape index (κ2) is 6.16. The molecule has 1 aromatic heterocycles. The molecule has 22 heavy (non-hydrogen) atoms. The molecule has 4 nitrogen and oxygen atoms in total. The van der Waals surface area contributed by atoms with Crippen LogP contribution in [0, 0.1) is 5.41 Å². The lowest BCUT2D eigenvalue weighted by Crippen LogP contribution is -2.37. The third kappa shape index (κ3) is 3.35. The molecule has 1 aromatic rings. The van der Waals surface area contributed by atoms with Crippen LogP contribution in [0.3, 0.4) is 0 Å². The first-order valence-electron chi connectivity index (χ1n) is 6.83. The van der Waals surface area contributed by atoms with E-state index in [1.54, 1.807) is 6.92 Å². The monoisotopic (exact) mass is 334 g/mol. The van der Waals surface area contributed by atoms with E-state index in [-0.39, 0.29) is 0 Å². The molecule has 0 fully saturated rings. The number of thiophene rings is 1. The van der Waals surface area contributed by atoms with Crippen LogP contribution in [0.4, 0.5) is 0 Å². The van der Waals surface area contributed by atoms with Gasteiger partial charge in [0.05, 0.1) is 17.1 Å². The van der Waals surface area contributed by atoms with Gasteiger partial charge in [0.25, 0.3) is 0 Å². The van der Waals surface area contributed by atoms with Gasteiger partial charge in [0.15, 0.2) is 0 Å². The Morgan fingerprint density at radius 2 is 2.18 bits per heavy atom. The van der Waals surface area contributed by atoms with Crippen molar-refractivity contribution in [2.24, 2.45) is 0 Å². The molecule has 116 valence electrons. The van der Waals surface area contributed by atoms with Crippen LogP contribution in [0.15, 0.2) is 34.4 Å². The van der Waals surface area contributed by atoms with E-state index >= 15 is 0 Å². The van der Waals surface area contributed by atoms with E-state index in [1.807, 2.05) is 38.3 Å². The van der Waals surface area contributed by atoms with Gasteiger partial charge in [-0.25, -0.2) is 4.79 Å². The Bertz CT molecular complexity index is 690. The zero-order valence-electron chi connectivity index (χ0n) is 12.9. The lowest BCUT2D eigenvalue weighted by Gasteiger charge is -2.30. The van der Waals surface area contributed by atoms with Crippen molar-refractivity contribution in [3.63, 3.8) is 0 Å². The highest BCUT2D eigenvalue weighted by atomic mass is 32.1. The molecular weight excluding hydrogens is 316 g/mol. The maximum atomic E-state index is 12.6. The zero-order valence-corrected chi connectivity index (χ0v) is 14.6. The summed E-state index contributed by atoms with van der Waals surface area (Å²) < 4.78 is 5.53. The van der Waals surface area contributed by atoms with E-state index in [0.29, 0.717) is 21.8 Å². The van der Waals surface area contributed by atoms with Gasteiger partial charge in [0, 0.05) is 10.6 Å². The Balaban J connectivity index is 2.56. The first kappa shape index (κ1) is 16.6. The van der Waals surface area contributed by atoms with Crippen molar-refractivity contribution < 1.29 is 9.53 Å². The molecule has 2 heterocycles. The molecule has 1 aliphatic rings. The highest BCUT2D eigenvalue weighted by Crippen LogP contribution is 2.39. The van der Waals surface area contributed by atoms with Crippen molar-refractivity contribution in [1.82, 2.24) is 5.32 Å². The van der Waals surface area contributed by atoms with Gasteiger partial charge in [0.1, 0.15) is 10.6 Å². The fourth-order valence-corrected chi connectivity index (χ4v) is 3.44. The van der Waals surface area contributed by atoms with E-state index in [1.165, 1.54) is 11.3 Å². The van der Waals surface area contributed by atoms with E-state index in [9.17, 15) is 4.79 Å². The summed E-state index contributed by atoms with van der Waals surface area (Å²) in [7, 11) is 0. The molecule has 1 unspecified atom stereocenters. The SMILES string of the molecule is CC1=C(C(=O)OC(C)(C)C)C(c2cccs2)C(=C=N)C(=S)N1. The molecular formula is C16H18N2O2S2. The lowest BCUT2D eigenvalue weighted by molar-refractivity contribution is -0.150. The van der Waals surface area contributed by atoms with E-state index in [4.69, 9.17) is 22.4 Å². The number of nitrogens with one attached hydrogen (secondary N) is 2. The van der Waals surface area contributed by atoms with Crippen LogP contribution in [-0.4, -0.2) is 22.4 Å². The molecule has 1 aliphatic heterocycles. The zero-order chi connectivity index (χ0) is 16.5. The number of thiocarbonyl (C=S) groups is 1. The molecule has 0 spiro atoms. The van der Waals surface area contributed by atoms with Gasteiger partial charge in [-0.05, 0) is 45.0 Å². The summed E-state index contributed by atoms with van der Waals surface area (Å²) >= 11 is 6.81. The minimum Gasteiger partial charge on any atom is -0.457 e. The van der Waals surface area contributed by atoms with Crippen molar-refractivity contribution in [3.05, 3.63) is 39.2 Å². The van der Waals surface area contributed by atoms with Crippen LogP contribution < -0.4 is 5.32 Å². The molecule has 0 aliphatic carbocycles. The third-order valence-corrected chi connectivity index (χ3v) is 4.37. The number of hydrogen-bond acceptors (Lipinski definition) is 5. The Hall–Kier alpha value is -1.75. The number of carbonyl (C=O) groups excluding carboxylic acids is 1. The fraction of sp³-hybridized carbons (Fsp3) is 0.375. The molecule has 0 amide bonds. The molecule has 0 aromatic carbocycles. The Kier molecular flexibility index (Phi) is 4.66. The standard InChI is InChI=1S/C16H18N2O2S2/c1-9-12(15(19)20-16(2,3)4)13(11-6-5-7-22-11)10(8-17)14(21)18-9/h5-7,13,17H,1-4H3,(H,18,21). The predicted octanol–water partition coefficient (Wildman–Crippen LogP) is 3.55. The second-order valence-electron chi connectivity index (χ2n) is 5.98. The Morgan fingerprint density at radius 3 is 2.68 bits per heavy atom. The van der Waals surface area contributed by atoms with Gasteiger partial charge in [-0.15, -0.1) is 11.3 Å². The van der Waals surface area contributed by atoms with Gasteiger partial charge >= 0.3 is 5.97 Å². The summed E-state index contributed by atoms with van der Waals surface area (Å²) in [5.74, 6) is 1.59. The van der Waals surface area contributed by atoms with E-state index < -0.39 is 17.5 Å². The number of hydrogen-bond donors (Lipinski definition) is 2. The quantitative estimate of drug-likeness (QED) is 0.376. The summed E-state index contributed by atoms with van der Waals surface area (Å²) in [6.45, 7) is 7.28. The molecule has 0 radical (unpaired) electrons. The van der Waals surface area contributed by atoms with Gasteiger partial charge in [-0.3, -0.25) is 5.41 Å². The van der Waals surface area contributed by atoms with Crippen LogP contribution in [-0.2, 0) is 9.53 Å². The average Bonchev–Trinajstić information content (AvgIpc) is 2.88. The molecule has 1 atom stereocenters. The highest BCUT2D eigenvalue weighted by Gasteiger charge is 2.37. The number of carbonyl (C=O) groups is 1. The van der Waals surface area contributed by atoms with Crippen LogP contribution >= 0.6 is 23.6 Å². The van der Waals surface area contributed by atoms with Crippen molar-refractivity contribution in [2.75, 3.05) is 0 Å². The molecule has 0 saturated carbocycles. The number of esters is 1. The van der Waals surface area contributed by atoms with Crippen molar-refractivity contribution in [2.45, 2.75) is 39.2 Å². The summed E-state index contributed by atoms with van der Waals surface area (Å²) in [4.78, 5) is 14.0. The molecule has 2 N–H and O–H groups in total. The average molecular weight is 334 g/mol. The maximum Gasteiger partial charge on any atom is 0.337 e. The van der Waals surface area contributed by atoms with Crippen LogP contribution in [0.25, 0.3) is 0 Å². The maximum absolute atomic E-state index is 12.6. The number of ether oxygens (including phenoxy) is 1. The first-order chi connectivity index (χ1) is 10.2. The topological polar surface area (TPSA) is 62.2 Å². The fourth-order valence-electron chi connectivity index (χ4n) is 2.27. The molecule has 0 saturated heterocycles. The summed E-state index contributed by atoms with van der Waals surface area (Å²) in [6.07, 6.45) is 0. The second-order valence-corrected chi connectivity index (χ2v) is 7.37. The number of allylic oxidation sites excluding steroid dienone is 1. The third-order valence-electron chi connectivity index (χ3n) is 3.11. The summed E-state index contributed by atoms with van der Waals surface area (Å²) in [5, 5.41) is 12.5. The van der Waals surface area contributed by atoms with Crippen molar-refractivity contribution in [1.29, 1.82) is 5.41 Å². The van der Waals surface area contributed by atoms with E-state index in [2.05, 4.69) is 11.2 Å². The minimum atomic E-state index is -0.586. The molecule has 2 rings (SSSR count). The van der Waals surface area contributed by atoms with Crippen molar-refractivity contribution in [3.8, 4) is 0 Å². The van der Waals surface area contributed by atoms with Crippen LogP contribution in [0.2, 0.25) is 0 Å². The Morgan fingerprint density at radius 1 is 1.50 bits per heavy atom. The van der Waals surface area contributed by atoms with Crippen LogP contribution in [0.5, 0.6) is 0 Å². The Labute approximate surface area is 139 Å². The van der Waals surface area contributed by atoms with E-state index in [0.717, 1.165) is 4.88 Å². The molecule has 6 heteroatoms. The predicted molar refractivity (Wildman–Crippen MR) is 92.6 cm³/mol. The van der Waals surface area contributed by atoms with Crippen LogP contribution in [0.1, 0.15) is 38.5 Å².